The predicted molar refractivity (Wildman–Crippen MR) is 94.2 cm³/mol. The first-order chi connectivity index (χ1) is 11.6. The molecule has 0 radical (unpaired) electrons. The number of amides is 1. The van der Waals surface area contributed by atoms with Crippen LogP contribution in [0.2, 0.25) is 0 Å². The average Bonchev–Trinajstić information content (AvgIpc) is 2.60. The van der Waals surface area contributed by atoms with Gasteiger partial charge in [0.15, 0.2) is 0 Å². The maximum Gasteiger partial charge on any atom is 0.252 e. The molecule has 0 aliphatic carbocycles. The lowest BCUT2D eigenvalue weighted by Gasteiger charge is -2.34. The van der Waals surface area contributed by atoms with Crippen LogP contribution in [0.5, 0.6) is 5.75 Å². The summed E-state index contributed by atoms with van der Waals surface area (Å²) >= 11 is 0. The summed E-state index contributed by atoms with van der Waals surface area (Å²) in [6.45, 7) is 3.59. The second kappa shape index (κ2) is 9.01. The van der Waals surface area contributed by atoms with E-state index in [2.05, 4.69) is 15.5 Å². The molecule has 1 aromatic carbocycles. The normalized spacial score (nSPS) is 16.8. The summed E-state index contributed by atoms with van der Waals surface area (Å²) in [4.78, 5) is 14.6. The molecule has 0 unspecified atom stereocenters. The Labute approximate surface area is 144 Å². The summed E-state index contributed by atoms with van der Waals surface area (Å²) in [6, 6.07) is 7.84. The molecular weight excluding hydrogens is 306 g/mol. The molecule has 0 aromatic heterocycles. The lowest BCUT2D eigenvalue weighted by atomic mass is 9.91. The summed E-state index contributed by atoms with van der Waals surface area (Å²) < 4.78 is 11.3. The van der Waals surface area contributed by atoms with Gasteiger partial charge in [0.2, 0.25) is 0 Å². The number of hydrogen-bond donors (Lipinski definition) is 2. The molecule has 1 heterocycles. The molecule has 1 aliphatic rings. The zero-order chi connectivity index (χ0) is 17.4. The van der Waals surface area contributed by atoms with E-state index in [0.29, 0.717) is 26.0 Å². The number of carbonyl (C=O) groups excluding carboxylic acids is 1. The number of benzene rings is 1. The van der Waals surface area contributed by atoms with Crippen LogP contribution < -0.4 is 15.4 Å². The van der Waals surface area contributed by atoms with Crippen molar-refractivity contribution in [3.63, 3.8) is 0 Å². The summed E-state index contributed by atoms with van der Waals surface area (Å²) in [5.41, 5.74) is 0.316. The summed E-state index contributed by atoms with van der Waals surface area (Å²) in [7, 11) is 5.65. The molecule has 1 aromatic rings. The van der Waals surface area contributed by atoms with Crippen LogP contribution in [-0.2, 0) is 16.1 Å². The number of rotatable bonds is 8. The van der Waals surface area contributed by atoms with Crippen molar-refractivity contribution in [2.24, 2.45) is 0 Å². The number of carbonyl (C=O) groups is 1. The molecule has 1 amide bonds. The molecule has 6 heteroatoms. The Kier molecular flexibility index (Phi) is 7.02. The highest BCUT2D eigenvalue weighted by Crippen LogP contribution is 2.23. The average molecular weight is 335 g/mol. The van der Waals surface area contributed by atoms with Gasteiger partial charge in [0.25, 0.3) is 5.91 Å². The van der Waals surface area contributed by atoms with Crippen molar-refractivity contribution in [1.82, 2.24) is 15.5 Å². The van der Waals surface area contributed by atoms with Crippen molar-refractivity contribution >= 4 is 5.91 Å². The smallest absolute Gasteiger partial charge is 0.252 e. The number of hydrogen-bond acceptors (Lipinski definition) is 5. The molecule has 24 heavy (non-hydrogen) atoms. The zero-order valence-electron chi connectivity index (χ0n) is 14.9. The van der Waals surface area contributed by atoms with Crippen LogP contribution >= 0.6 is 0 Å². The second-order valence-corrected chi connectivity index (χ2v) is 6.43. The third kappa shape index (κ3) is 5.19. The van der Waals surface area contributed by atoms with Gasteiger partial charge in [-0.2, -0.15) is 0 Å². The van der Waals surface area contributed by atoms with E-state index >= 15 is 0 Å². The van der Waals surface area contributed by atoms with Gasteiger partial charge in [-0.3, -0.25) is 4.79 Å². The van der Waals surface area contributed by atoms with Gasteiger partial charge in [-0.15, -0.1) is 0 Å². The second-order valence-electron chi connectivity index (χ2n) is 6.43. The minimum atomic E-state index is -0.703. The molecule has 2 rings (SSSR count). The Bertz CT molecular complexity index is 528. The van der Waals surface area contributed by atoms with Gasteiger partial charge in [-0.05, 0) is 57.7 Å². The number of ether oxygens (including phenoxy) is 2. The summed E-state index contributed by atoms with van der Waals surface area (Å²) in [6.07, 6.45) is 1.39. The highest BCUT2D eigenvalue weighted by Gasteiger charge is 2.39. The molecule has 1 saturated heterocycles. The van der Waals surface area contributed by atoms with E-state index in [1.54, 1.807) is 7.11 Å². The molecule has 2 N–H and O–H groups in total. The van der Waals surface area contributed by atoms with Crippen molar-refractivity contribution in [2.45, 2.75) is 25.0 Å². The zero-order valence-corrected chi connectivity index (χ0v) is 14.9. The molecule has 1 fully saturated rings. The molecule has 134 valence electrons. The Morgan fingerprint density at radius 3 is 2.75 bits per heavy atom. The van der Waals surface area contributed by atoms with Gasteiger partial charge in [0.1, 0.15) is 18.0 Å². The van der Waals surface area contributed by atoms with Gasteiger partial charge in [-0.25, -0.2) is 0 Å². The van der Waals surface area contributed by atoms with Gasteiger partial charge >= 0.3 is 0 Å². The molecule has 0 atom stereocenters. The van der Waals surface area contributed by atoms with E-state index in [1.165, 1.54) is 0 Å². The van der Waals surface area contributed by atoms with Gasteiger partial charge in [0, 0.05) is 20.2 Å². The van der Waals surface area contributed by atoms with Crippen molar-refractivity contribution < 1.29 is 14.3 Å². The largest absolute Gasteiger partial charge is 0.492 e. The topological polar surface area (TPSA) is 62.8 Å². The molecule has 0 spiro atoms. The third-order valence-corrected chi connectivity index (χ3v) is 4.37. The fourth-order valence-corrected chi connectivity index (χ4v) is 2.79. The quantitative estimate of drug-likeness (QED) is 0.742. The van der Waals surface area contributed by atoms with Gasteiger partial charge in [0.05, 0.1) is 0 Å². The Morgan fingerprint density at radius 2 is 2.08 bits per heavy atom. The highest BCUT2D eigenvalue weighted by atomic mass is 16.5. The first-order valence-corrected chi connectivity index (χ1v) is 8.46. The van der Waals surface area contributed by atoms with Crippen LogP contribution in [0.25, 0.3) is 0 Å². The van der Waals surface area contributed by atoms with Crippen LogP contribution in [-0.4, -0.2) is 63.9 Å². The standard InChI is InChI=1S/C18H29N3O3/c1-21(2)11-12-24-16-6-4-5-15(13-16)14-20-17(22)18(23-3)7-9-19-10-8-18/h4-6,13,19H,7-12,14H2,1-3H3,(H,20,22). The van der Waals surface area contributed by atoms with E-state index < -0.39 is 5.60 Å². The van der Waals surface area contributed by atoms with Crippen LogP contribution in [0.4, 0.5) is 0 Å². The van der Waals surface area contributed by atoms with E-state index in [4.69, 9.17) is 9.47 Å². The van der Waals surface area contributed by atoms with Gasteiger partial charge in [-0.1, -0.05) is 12.1 Å². The number of nitrogens with one attached hydrogen (secondary N) is 2. The molecule has 6 nitrogen and oxygen atoms in total. The van der Waals surface area contributed by atoms with Crippen LogP contribution in [0.3, 0.4) is 0 Å². The van der Waals surface area contributed by atoms with Crippen molar-refractivity contribution in [1.29, 1.82) is 0 Å². The summed E-state index contributed by atoms with van der Waals surface area (Å²) in [5.74, 6) is 0.789. The van der Waals surface area contributed by atoms with Crippen molar-refractivity contribution in [3.05, 3.63) is 29.8 Å². The number of piperidine rings is 1. The number of methoxy groups -OCH3 is 1. The molecule has 1 aliphatic heterocycles. The fourth-order valence-electron chi connectivity index (χ4n) is 2.79. The van der Waals surface area contributed by atoms with Gasteiger partial charge < -0.3 is 25.0 Å². The lowest BCUT2D eigenvalue weighted by Crippen LogP contribution is -2.53. The first kappa shape index (κ1) is 18.7. The van der Waals surface area contributed by atoms with E-state index in [-0.39, 0.29) is 5.91 Å². The SMILES string of the molecule is COC1(C(=O)NCc2cccc(OCCN(C)C)c2)CCNCC1. The van der Waals surface area contributed by atoms with Crippen LogP contribution in [0.1, 0.15) is 18.4 Å². The molecule has 0 bridgehead atoms. The van der Waals surface area contributed by atoms with E-state index in [9.17, 15) is 4.79 Å². The van der Waals surface area contributed by atoms with Crippen LogP contribution in [0, 0.1) is 0 Å². The van der Waals surface area contributed by atoms with E-state index in [0.717, 1.165) is 30.9 Å². The molecular formula is C18H29N3O3. The fraction of sp³-hybridized carbons (Fsp3) is 0.611. The lowest BCUT2D eigenvalue weighted by molar-refractivity contribution is -0.146. The van der Waals surface area contributed by atoms with Crippen molar-refractivity contribution in [2.75, 3.05) is 47.4 Å². The molecule has 0 saturated carbocycles. The number of likely N-dealkylation sites (N-methyl/N-ethyl adjacent to an activating group) is 1. The predicted octanol–water partition coefficient (Wildman–Crippen LogP) is 1.01. The third-order valence-electron chi connectivity index (χ3n) is 4.37. The van der Waals surface area contributed by atoms with E-state index in [1.807, 2.05) is 38.4 Å². The maximum absolute atomic E-state index is 12.6. The first-order valence-electron chi connectivity index (χ1n) is 8.46. The summed E-state index contributed by atoms with van der Waals surface area (Å²) in [5, 5.41) is 6.26. The Hall–Kier alpha value is -1.63. The minimum Gasteiger partial charge on any atom is -0.492 e. The monoisotopic (exact) mass is 335 g/mol. The highest BCUT2D eigenvalue weighted by molar-refractivity contribution is 5.85. The van der Waals surface area contributed by atoms with Crippen molar-refractivity contribution in [3.8, 4) is 5.75 Å². The minimum absolute atomic E-state index is 0.0366. The Morgan fingerprint density at radius 1 is 1.33 bits per heavy atom. The van der Waals surface area contributed by atoms with Crippen LogP contribution in [0.15, 0.2) is 24.3 Å². The number of nitrogens with zero attached hydrogens (tertiary/aromatic N) is 1. The Balaban J connectivity index is 1.88. The maximum atomic E-state index is 12.6.